The van der Waals surface area contributed by atoms with Crippen molar-refractivity contribution >= 4 is 0 Å². The number of nitrogens with one attached hydrogen (secondary N) is 1. The predicted octanol–water partition coefficient (Wildman–Crippen LogP) is 2.57. The van der Waals surface area contributed by atoms with Gasteiger partial charge in [0.15, 0.2) is 0 Å². The average molecular weight is 240 g/mol. The molecule has 0 aromatic heterocycles. The first kappa shape index (κ1) is 13.3. The smallest absolute Gasteiger partial charge is 0.0659 e. The van der Waals surface area contributed by atoms with Crippen LogP contribution in [0.15, 0.2) is 0 Å². The van der Waals surface area contributed by atoms with Crippen LogP contribution < -0.4 is 5.43 Å². The number of hydrogen-bond acceptors (Lipinski definition) is 3. The topological polar surface area (TPSA) is 24.5 Å². The molecule has 3 unspecified atom stereocenters. The van der Waals surface area contributed by atoms with Crippen LogP contribution in [0.3, 0.4) is 0 Å². The minimum Gasteiger partial charge on any atom is -0.378 e. The van der Waals surface area contributed by atoms with Crippen molar-refractivity contribution in [1.29, 1.82) is 0 Å². The Bertz CT molecular complexity index is 240. The molecule has 0 aromatic rings. The van der Waals surface area contributed by atoms with Gasteiger partial charge in [-0.2, -0.15) is 0 Å². The first-order chi connectivity index (χ1) is 8.20. The van der Waals surface area contributed by atoms with E-state index in [4.69, 9.17) is 4.74 Å². The summed E-state index contributed by atoms with van der Waals surface area (Å²) < 4.78 is 5.85. The Hall–Kier alpha value is -0.120. The van der Waals surface area contributed by atoms with E-state index in [2.05, 4.69) is 31.2 Å². The highest BCUT2D eigenvalue weighted by atomic mass is 16.5. The summed E-state index contributed by atoms with van der Waals surface area (Å²) in [5, 5.41) is 2.43. The molecular weight excluding hydrogens is 212 g/mol. The van der Waals surface area contributed by atoms with Crippen molar-refractivity contribution in [1.82, 2.24) is 10.4 Å². The van der Waals surface area contributed by atoms with Crippen molar-refractivity contribution in [3.05, 3.63) is 0 Å². The minimum absolute atomic E-state index is 0.327. The fraction of sp³-hybridized carbons (Fsp3) is 1.00. The second-order valence-corrected chi connectivity index (χ2v) is 5.77. The molecule has 0 bridgehead atoms. The van der Waals surface area contributed by atoms with Crippen LogP contribution in [-0.2, 0) is 4.74 Å². The highest BCUT2D eigenvalue weighted by molar-refractivity contribution is 5.04. The third kappa shape index (κ3) is 2.67. The zero-order valence-electron chi connectivity index (χ0n) is 11.7. The van der Waals surface area contributed by atoms with E-state index in [1.807, 2.05) is 0 Å². The number of piperidine rings is 1. The van der Waals surface area contributed by atoms with Gasteiger partial charge >= 0.3 is 0 Å². The quantitative estimate of drug-likeness (QED) is 0.799. The number of ether oxygens (including phenoxy) is 1. The second kappa shape index (κ2) is 5.68. The van der Waals surface area contributed by atoms with E-state index in [0.717, 1.165) is 6.61 Å². The molecule has 0 spiro atoms. The summed E-state index contributed by atoms with van der Waals surface area (Å²) in [6.07, 6.45) is 6.92. The fourth-order valence-corrected chi connectivity index (χ4v) is 3.19. The van der Waals surface area contributed by atoms with E-state index < -0.39 is 0 Å². The summed E-state index contributed by atoms with van der Waals surface area (Å²) in [6.45, 7) is 10.0. The van der Waals surface area contributed by atoms with Crippen LogP contribution in [0.25, 0.3) is 0 Å². The summed E-state index contributed by atoms with van der Waals surface area (Å²) in [6, 6.07) is 0.613. The molecule has 1 N–H and O–H groups in total. The van der Waals surface area contributed by atoms with Gasteiger partial charge in [0.25, 0.3) is 0 Å². The van der Waals surface area contributed by atoms with Gasteiger partial charge < -0.3 is 4.74 Å². The SMILES string of the molecule is CCOC1CC(NN2CCCCC2)C1(C)CC. The van der Waals surface area contributed by atoms with E-state index in [9.17, 15) is 0 Å². The molecule has 2 fully saturated rings. The van der Waals surface area contributed by atoms with Crippen molar-refractivity contribution in [3.8, 4) is 0 Å². The highest BCUT2D eigenvalue weighted by Crippen LogP contribution is 2.46. The molecular formula is C14H28N2O. The number of nitrogens with zero attached hydrogens (tertiary/aromatic N) is 1. The molecule has 1 heterocycles. The maximum Gasteiger partial charge on any atom is 0.0659 e. The highest BCUT2D eigenvalue weighted by Gasteiger charge is 2.51. The Morgan fingerprint density at radius 1 is 1.24 bits per heavy atom. The van der Waals surface area contributed by atoms with Crippen LogP contribution in [0.1, 0.15) is 52.9 Å². The number of hydrogen-bond donors (Lipinski definition) is 1. The largest absolute Gasteiger partial charge is 0.378 e. The lowest BCUT2D eigenvalue weighted by Gasteiger charge is -2.55. The van der Waals surface area contributed by atoms with E-state index in [-0.39, 0.29) is 0 Å². The lowest BCUT2D eigenvalue weighted by Crippen LogP contribution is -2.65. The molecule has 0 radical (unpaired) electrons. The monoisotopic (exact) mass is 240 g/mol. The molecule has 1 saturated heterocycles. The number of hydrazine groups is 1. The van der Waals surface area contributed by atoms with E-state index >= 15 is 0 Å². The molecule has 3 heteroatoms. The van der Waals surface area contributed by atoms with Crippen LogP contribution >= 0.6 is 0 Å². The standard InChI is InChI=1S/C14H28N2O/c1-4-14(3)12(11-13(14)17-5-2)15-16-9-7-6-8-10-16/h12-13,15H,4-11H2,1-3H3. The molecule has 0 amide bonds. The second-order valence-electron chi connectivity index (χ2n) is 5.77. The van der Waals surface area contributed by atoms with E-state index in [1.165, 1.54) is 45.2 Å². The van der Waals surface area contributed by atoms with E-state index in [1.54, 1.807) is 0 Å². The predicted molar refractivity (Wildman–Crippen MR) is 70.8 cm³/mol. The van der Waals surface area contributed by atoms with Gasteiger partial charge in [-0.25, -0.2) is 5.01 Å². The van der Waals surface area contributed by atoms with Crippen LogP contribution in [0.2, 0.25) is 0 Å². The fourth-order valence-electron chi connectivity index (χ4n) is 3.19. The molecule has 0 aromatic carbocycles. The molecule has 2 aliphatic rings. The summed E-state index contributed by atoms with van der Waals surface area (Å²) in [5.74, 6) is 0. The summed E-state index contributed by atoms with van der Waals surface area (Å²) >= 11 is 0. The molecule has 100 valence electrons. The average Bonchev–Trinajstić information content (AvgIpc) is 2.38. The van der Waals surface area contributed by atoms with Crippen molar-refractivity contribution in [2.24, 2.45) is 5.41 Å². The first-order valence-electron chi connectivity index (χ1n) is 7.33. The van der Waals surface area contributed by atoms with Crippen LogP contribution in [0.4, 0.5) is 0 Å². The molecule has 3 atom stereocenters. The maximum absolute atomic E-state index is 5.85. The van der Waals surface area contributed by atoms with E-state index in [0.29, 0.717) is 17.6 Å². The van der Waals surface area contributed by atoms with Gasteiger partial charge in [-0.05, 0) is 32.6 Å². The molecule has 1 aliphatic heterocycles. The van der Waals surface area contributed by atoms with Crippen LogP contribution in [0, 0.1) is 5.41 Å². The van der Waals surface area contributed by atoms with Crippen molar-refractivity contribution in [3.63, 3.8) is 0 Å². The van der Waals surface area contributed by atoms with Crippen molar-refractivity contribution in [2.75, 3.05) is 19.7 Å². The maximum atomic E-state index is 5.85. The summed E-state index contributed by atoms with van der Waals surface area (Å²) in [5.41, 5.74) is 4.07. The zero-order valence-corrected chi connectivity index (χ0v) is 11.7. The molecule has 17 heavy (non-hydrogen) atoms. The Kier molecular flexibility index (Phi) is 4.45. The van der Waals surface area contributed by atoms with Gasteiger partial charge in [-0.15, -0.1) is 0 Å². The molecule has 1 saturated carbocycles. The Labute approximate surface area is 106 Å². The molecule has 3 nitrogen and oxygen atoms in total. The Balaban J connectivity index is 1.85. The van der Waals surface area contributed by atoms with Crippen molar-refractivity contribution < 1.29 is 4.74 Å². The van der Waals surface area contributed by atoms with Crippen molar-refractivity contribution in [2.45, 2.75) is 65.0 Å². The van der Waals surface area contributed by atoms with Crippen LogP contribution in [0.5, 0.6) is 0 Å². The summed E-state index contributed by atoms with van der Waals surface area (Å²) in [7, 11) is 0. The lowest BCUT2D eigenvalue weighted by atomic mass is 9.61. The molecule has 2 rings (SSSR count). The van der Waals surface area contributed by atoms with Gasteiger partial charge in [0.2, 0.25) is 0 Å². The Morgan fingerprint density at radius 3 is 2.53 bits per heavy atom. The normalized spacial score (nSPS) is 39.0. The van der Waals surface area contributed by atoms with Gasteiger partial charge in [-0.3, -0.25) is 5.43 Å². The van der Waals surface area contributed by atoms with Gasteiger partial charge in [0, 0.05) is 31.2 Å². The van der Waals surface area contributed by atoms with Gasteiger partial charge in [0.05, 0.1) is 6.10 Å². The van der Waals surface area contributed by atoms with Gasteiger partial charge in [0.1, 0.15) is 0 Å². The first-order valence-corrected chi connectivity index (χ1v) is 7.33. The third-order valence-electron chi connectivity index (χ3n) is 4.81. The minimum atomic E-state index is 0.327. The van der Waals surface area contributed by atoms with Gasteiger partial charge in [-0.1, -0.05) is 20.3 Å². The number of rotatable bonds is 5. The molecule has 1 aliphatic carbocycles. The lowest BCUT2D eigenvalue weighted by molar-refractivity contribution is -0.143. The van der Waals surface area contributed by atoms with Crippen LogP contribution in [-0.4, -0.2) is 36.9 Å². The Morgan fingerprint density at radius 2 is 1.94 bits per heavy atom. The third-order valence-corrected chi connectivity index (χ3v) is 4.81. The zero-order chi connectivity index (χ0) is 12.3. The summed E-state index contributed by atoms with van der Waals surface area (Å²) in [4.78, 5) is 0.